The Morgan fingerprint density at radius 3 is 2.63 bits per heavy atom. The highest BCUT2D eigenvalue weighted by atomic mass is 16.2. The molecule has 7 nitrogen and oxygen atoms in total. The minimum atomic E-state index is -0.247. The molecule has 0 spiro atoms. The summed E-state index contributed by atoms with van der Waals surface area (Å²) in [6, 6.07) is 3.85. The summed E-state index contributed by atoms with van der Waals surface area (Å²) in [5.74, 6) is -0.0211. The fourth-order valence-corrected chi connectivity index (χ4v) is 3.42. The molecule has 7 heteroatoms. The fraction of sp³-hybridized carbons (Fsp3) is 0.500. The van der Waals surface area contributed by atoms with Crippen molar-refractivity contribution in [2.24, 2.45) is 0 Å². The van der Waals surface area contributed by atoms with Crippen LogP contribution in [0, 0.1) is 20.8 Å². The number of aryl methyl sites for hydroxylation is 3. The van der Waals surface area contributed by atoms with E-state index >= 15 is 0 Å². The van der Waals surface area contributed by atoms with E-state index in [1.165, 1.54) is 4.57 Å². The maximum absolute atomic E-state index is 12.5. The normalized spacial score (nSPS) is 14.2. The van der Waals surface area contributed by atoms with Crippen molar-refractivity contribution in [1.29, 1.82) is 0 Å². The summed E-state index contributed by atoms with van der Waals surface area (Å²) in [4.78, 5) is 42.7. The lowest BCUT2D eigenvalue weighted by Crippen LogP contribution is -2.35. The standard InChI is InChI=1S/C20H26N4O3/c1-13-10-16-17(11-14(13)2)24(20(27)15(3)22-16)12-18(25)21-7-5-9-23-8-4-6-19(23)26/h10-11H,4-9,12H2,1-3H3,(H,21,25). The molecule has 2 aromatic rings. The van der Waals surface area contributed by atoms with Gasteiger partial charge in [0.05, 0.1) is 11.0 Å². The van der Waals surface area contributed by atoms with Crippen molar-refractivity contribution in [2.75, 3.05) is 19.6 Å². The van der Waals surface area contributed by atoms with Crippen LogP contribution in [0.25, 0.3) is 11.0 Å². The van der Waals surface area contributed by atoms with Gasteiger partial charge in [-0.2, -0.15) is 0 Å². The molecule has 3 rings (SSSR count). The molecule has 2 amide bonds. The van der Waals surface area contributed by atoms with Crippen molar-refractivity contribution in [3.63, 3.8) is 0 Å². The molecule has 0 bridgehead atoms. The second-order valence-corrected chi connectivity index (χ2v) is 7.20. The molecule has 1 saturated heterocycles. The summed E-state index contributed by atoms with van der Waals surface area (Å²) in [5, 5.41) is 2.85. The van der Waals surface area contributed by atoms with Gasteiger partial charge in [-0.3, -0.25) is 19.0 Å². The number of hydrogen-bond acceptors (Lipinski definition) is 4. The Labute approximate surface area is 158 Å². The SMILES string of the molecule is Cc1cc2nc(C)c(=O)n(CC(=O)NCCCN3CCCC3=O)c2cc1C. The van der Waals surface area contributed by atoms with E-state index in [1.807, 2.05) is 30.9 Å². The van der Waals surface area contributed by atoms with Crippen LogP contribution < -0.4 is 10.9 Å². The summed E-state index contributed by atoms with van der Waals surface area (Å²) < 4.78 is 1.49. The number of amides is 2. The van der Waals surface area contributed by atoms with Crippen LogP contribution in [0.1, 0.15) is 36.1 Å². The summed E-state index contributed by atoms with van der Waals surface area (Å²) in [5.41, 5.74) is 3.68. The average molecular weight is 370 g/mol. The van der Waals surface area contributed by atoms with Gasteiger partial charge in [0.1, 0.15) is 12.2 Å². The van der Waals surface area contributed by atoms with E-state index in [1.54, 1.807) is 6.92 Å². The smallest absolute Gasteiger partial charge is 0.272 e. The molecule has 0 saturated carbocycles. The number of likely N-dealkylation sites (tertiary alicyclic amines) is 1. The van der Waals surface area contributed by atoms with Gasteiger partial charge in [0.25, 0.3) is 5.56 Å². The van der Waals surface area contributed by atoms with Crippen LogP contribution in [0.5, 0.6) is 0 Å². The third-order valence-electron chi connectivity index (χ3n) is 5.12. The predicted octanol–water partition coefficient (Wildman–Crippen LogP) is 1.45. The van der Waals surface area contributed by atoms with Crippen LogP contribution in [-0.2, 0) is 16.1 Å². The molecule has 1 aromatic carbocycles. The second-order valence-electron chi connectivity index (χ2n) is 7.20. The van der Waals surface area contributed by atoms with E-state index in [2.05, 4.69) is 10.3 Å². The van der Waals surface area contributed by atoms with Gasteiger partial charge in [0.15, 0.2) is 0 Å². The Hall–Kier alpha value is -2.70. The lowest BCUT2D eigenvalue weighted by atomic mass is 10.1. The Balaban J connectivity index is 1.67. The number of hydrogen-bond donors (Lipinski definition) is 1. The molecule has 1 aliphatic heterocycles. The summed E-state index contributed by atoms with van der Waals surface area (Å²) in [6.07, 6.45) is 2.25. The van der Waals surface area contributed by atoms with Gasteiger partial charge in [-0.05, 0) is 56.9 Å². The number of nitrogens with zero attached hydrogens (tertiary/aromatic N) is 3. The largest absolute Gasteiger partial charge is 0.354 e. The van der Waals surface area contributed by atoms with Gasteiger partial charge in [0, 0.05) is 26.1 Å². The molecule has 0 unspecified atom stereocenters. The van der Waals surface area contributed by atoms with Crippen LogP contribution in [0.2, 0.25) is 0 Å². The first-order chi connectivity index (χ1) is 12.9. The first kappa shape index (κ1) is 19.1. The molecule has 1 fully saturated rings. The molecule has 2 heterocycles. The molecular weight excluding hydrogens is 344 g/mol. The molecule has 0 atom stereocenters. The molecular formula is C20H26N4O3. The summed E-state index contributed by atoms with van der Waals surface area (Å²) in [7, 11) is 0. The topological polar surface area (TPSA) is 84.3 Å². The Morgan fingerprint density at radius 2 is 1.93 bits per heavy atom. The monoisotopic (exact) mass is 370 g/mol. The number of benzene rings is 1. The first-order valence-electron chi connectivity index (χ1n) is 9.39. The van der Waals surface area contributed by atoms with Crippen LogP contribution in [0.4, 0.5) is 0 Å². The first-order valence-corrected chi connectivity index (χ1v) is 9.39. The Kier molecular flexibility index (Phi) is 5.58. The number of nitrogens with one attached hydrogen (secondary N) is 1. The minimum absolute atomic E-state index is 0.0379. The highest BCUT2D eigenvalue weighted by molar-refractivity contribution is 5.81. The summed E-state index contributed by atoms with van der Waals surface area (Å²) in [6.45, 7) is 7.56. The van der Waals surface area contributed by atoms with Gasteiger partial charge in [-0.1, -0.05) is 0 Å². The zero-order valence-corrected chi connectivity index (χ0v) is 16.2. The van der Waals surface area contributed by atoms with Crippen molar-refractivity contribution in [2.45, 2.75) is 46.6 Å². The molecule has 1 N–H and O–H groups in total. The maximum atomic E-state index is 12.5. The summed E-state index contributed by atoms with van der Waals surface area (Å²) >= 11 is 0. The highest BCUT2D eigenvalue weighted by Crippen LogP contribution is 2.17. The Bertz CT molecular complexity index is 948. The third-order valence-corrected chi connectivity index (χ3v) is 5.12. The van der Waals surface area contributed by atoms with Crippen LogP contribution >= 0.6 is 0 Å². The minimum Gasteiger partial charge on any atom is -0.354 e. The van der Waals surface area contributed by atoms with Gasteiger partial charge < -0.3 is 10.2 Å². The van der Waals surface area contributed by atoms with Crippen molar-refractivity contribution in [3.8, 4) is 0 Å². The fourth-order valence-electron chi connectivity index (χ4n) is 3.42. The number of carbonyl (C=O) groups is 2. The highest BCUT2D eigenvalue weighted by Gasteiger charge is 2.19. The van der Waals surface area contributed by atoms with E-state index in [9.17, 15) is 14.4 Å². The predicted molar refractivity (Wildman–Crippen MR) is 104 cm³/mol. The molecule has 1 aromatic heterocycles. The zero-order chi connectivity index (χ0) is 19.6. The van der Waals surface area contributed by atoms with E-state index in [4.69, 9.17) is 0 Å². The van der Waals surface area contributed by atoms with Gasteiger partial charge in [-0.15, -0.1) is 0 Å². The van der Waals surface area contributed by atoms with Crippen molar-refractivity contribution >= 4 is 22.8 Å². The number of rotatable bonds is 6. The van der Waals surface area contributed by atoms with Crippen LogP contribution in [0.3, 0.4) is 0 Å². The quantitative estimate of drug-likeness (QED) is 0.780. The third kappa shape index (κ3) is 4.18. The number of carbonyl (C=O) groups excluding carboxylic acids is 2. The van der Waals surface area contributed by atoms with Crippen molar-refractivity contribution < 1.29 is 9.59 Å². The molecule has 0 radical (unpaired) electrons. The zero-order valence-electron chi connectivity index (χ0n) is 16.2. The van der Waals surface area contributed by atoms with Gasteiger partial charge >= 0.3 is 0 Å². The van der Waals surface area contributed by atoms with Gasteiger partial charge in [0.2, 0.25) is 11.8 Å². The van der Waals surface area contributed by atoms with E-state index in [0.717, 1.165) is 29.6 Å². The number of aromatic nitrogens is 2. The molecule has 144 valence electrons. The average Bonchev–Trinajstić information content (AvgIpc) is 3.03. The second kappa shape index (κ2) is 7.90. The van der Waals surface area contributed by atoms with E-state index in [-0.39, 0.29) is 23.9 Å². The lowest BCUT2D eigenvalue weighted by molar-refractivity contribution is -0.127. The van der Waals surface area contributed by atoms with Gasteiger partial charge in [-0.25, -0.2) is 4.98 Å². The number of fused-ring (bicyclic) bond motifs is 1. The molecule has 1 aliphatic rings. The molecule has 0 aliphatic carbocycles. The maximum Gasteiger partial charge on any atom is 0.272 e. The van der Waals surface area contributed by atoms with E-state index in [0.29, 0.717) is 37.1 Å². The lowest BCUT2D eigenvalue weighted by Gasteiger charge is -2.16. The van der Waals surface area contributed by atoms with E-state index < -0.39 is 0 Å². The van der Waals surface area contributed by atoms with Crippen LogP contribution in [0.15, 0.2) is 16.9 Å². The van der Waals surface area contributed by atoms with Crippen LogP contribution in [-0.4, -0.2) is 45.9 Å². The molecule has 27 heavy (non-hydrogen) atoms. The Morgan fingerprint density at radius 1 is 1.19 bits per heavy atom. The van der Waals surface area contributed by atoms with Crippen molar-refractivity contribution in [3.05, 3.63) is 39.3 Å². The van der Waals surface area contributed by atoms with Crippen molar-refractivity contribution in [1.82, 2.24) is 19.8 Å².